The van der Waals surface area contributed by atoms with E-state index in [-0.39, 0.29) is 17.4 Å². The van der Waals surface area contributed by atoms with Crippen LogP contribution in [0.3, 0.4) is 0 Å². The summed E-state index contributed by atoms with van der Waals surface area (Å²) in [6.07, 6.45) is 6.58. The predicted molar refractivity (Wildman–Crippen MR) is 135 cm³/mol. The third-order valence-corrected chi connectivity index (χ3v) is 9.19. The Morgan fingerprint density at radius 3 is 2.41 bits per heavy atom. The number of esters is 1. The van der Waals surface area contributed by atoms with E-state index in [1.807, 2.05) is 13.8 Å². The predicted octanol–water partition coefficient (Wildman–Crippen LogP) is 5.26. The fourth-order valence-electron chi connectivity index (χ4n) is 4.14. The van der Waals surface area contributed by atoms with Crippen molar-refractivity contribution in [3.05, 3.63) is 45.8 Å². The number of amides is 1. The van der Waals surface area contributed by atoms with Crippen LogP contribution in [0.25, 0.3) is 0 Å². The number of sulfonamides is 1. The Bertz CT molecular complexity index is 1110. The maximum Gasteiger partial charge on any atom is 0.341 e. The van der Waals surface area contributed by atoms with E-state index in [1.165, 1.54) is 39.9 Å². The van der Waals surface area contributed by atoms with Crippen LogP contribution in [-0.4, -0.2) is 44.3 Å². The van der Waals surface area contributed by atoms with E-state index in [9.17, 15) is 18.0 Å². The maximum absolute atomic E-state index is 13.0. The van der Waals surface area contributed by atoms with E-state index in [0.717, 1.165) is 55.4 Å². The van der Waals surface area contributed by atoms with Crippen LogP contribution >= 0.6 is 11.3 Å². The maximum atomic E-state index is 13.0. The molecule has 1 aliphatic carbocycles. The van der Waals surface area contributed by atoms with E-state index in [2.05, 4.69) is 5.32 Å². The summed E-state index contributed by atoms with van der Waals surface area (Å²) in [6, 6.07) is 5.96. The number of carbonyl (C=O) groups is 2. The van der Waals surface area contributed by atoms with Crippen LogP contribution in [0.15, 0.2) is 29.2 Å². The molecule has 0 saturated heterocycles. The summed E-state index contributed by atoms with van der Waals surface area (Å²) in [5, 5.41) is 3.39. The third kappa shape index (κ3) is 5.87. The van der Waals surface area contributed by atoms with Crippen LogP contribution < -0.4 is 5.32 Å². The highest BCUT2D eigenvalue weighted by Crippen LogP contribution is 2.38. The van der Waals surface area contributed by atoms with Crippen LogP contribution in [0.4, 0.5) is 5.00 Å². The molecular weight excluding hydrogens is 472 g/mol. The van der Waals surface area contributed by atoms with Crippen molar-refractivity contribution in [2.45, 2.75) is 70.6 Å². The van der Waals surface area contributed by atoms with Crippen molar-refractivity contribution in [1.82, 2.24) is 4.31 Å². The van der Waals surface area contributed by atoms with Crippen molar-refractivity contribution in [2.75, 3.05) is 25.0 Å². The molecular formula is C25H34N2O5S2. The molecule has 1 aromatic carbocycles. The number of ether oxygens (including phenoxy) is 1. The van der Waals surface area contributed by atoms with Gasteiger partial charge in [0.05, 0.1) is 17.1 Å². The van der Waals surface area contributed by atoms with Gasteiger partial charge in [0.2, 0.25) is 10.0 Å². The van der Waals surface area contributed by atoms with Gasteiger partial charge in [-0.15, -0.1) is 11.3 Å². The quantitative estimate of drug-likeness (QED) is 0.351. The van der Waals surface area contributed by atoms with Gasteiger partial charge in [-0.3, -0.25) is 4.79 Å². The second kappa shape index (κ2) is 12.0. The zero-order chi connectivity index (χ0) is 24.7. The van der Waals surface area contributed by atoms with E-state index in [1.54, 1.807) is 6.92 Å². The standard InChI is InChI=1S/C25H34N2O5S2/c1-4-7-17-27(5-2)34(30,31)19-15-13-18(14-16-19)23(28)26-24-22(25(29)32-6-3)20-11-9-8-10-12-21(20)33-24/h13-16H,4-12,17H2,1-3H3,(H,26,28). The largest absolute Gasteiger partial charge is 0.462 e. The van der Waals surface area contributed by atoms with Crippen LogP contribution in [0, 0.1) is 0 Å². The minimum Gasteiger partial charge on any atom is -0.462 e. The summed E-state index contributed by atoms with van der Waals surface area (Å²) in [7, 11) is -3.61. The number of hydrogen-bond acceptors (Lipinski definition) is 6. The first kappa shape index (κ1) is 26.4. The average Bonchev–Trinajstić information content (AvgIpc) is 2.99. The molecule has 0 spiro atoms. The van der Waals surface area contributed by atoms with E-state index in [0.29, 0.717) is 29.2 Å². The van der Waals surface area contributed by atoms with Crippen molar-refractivity contribution in [3.63, 3.8) is 0 Å². The molecule has 0 fully saturated rings. The molecule has 186 valence electrons. The average molecular weight is 507 g/mol. The second-order valence-corrected chi connectivity index (χ2v) is 11.4. The van der Waals surface area contributed by atoms with Crippen LogP contribution in [0.2, 0.25) is 0 Å². The third-order valence-electron chi connectivity index (χ3n) is 6.00. The van der Waals surface area contributed by atoms with Crippen LogP contribution in [-0.2, 0) is 27.6 Å². The molecule has 1 aromatic heterocycles. The van der Waals surface area contributed by atoms with Gasteiger partial charge in [-0.25, -0.2) is 13.2 Å². The molecule has 1 N–H and O–H groups in total. The molecule has 1 amide bonds. The molecule has 1 heterocycles. The van der Waals surface area contributed by atoms with Crippen LogP contribution in [0.1, 0.15) is 84.0 Å². The van der Waals surface area contributed by atoms with Gasteiger partial charge in [0.1, 0.15) is 5.00 Å². The monoisotopic (exact) mass is 506 g/mol. The molecule has 3 rings (SSSR count). The van der Waals surface area contributed by atoms with E-state index in [4.69, 9.17) is 4.74 Å². The number of nitrogens with zero attached hydrogens (tertiary/aromatic N) is 1. The first-order chi connectivity index (χ1) is 16.3. The Labute approximate surface area is 206 Å². The molecule has 0 saturated carbocycles. The Hall–Kier alpha value is -2.23. The number of hydrogen-bond donors (Lipinski definition) is 1. The first-order valence-corrected chi connectivity index (χ1v) is 14.3. The Kier molecular flexibility index (Phi) is 9.27. The molecule has 0 radical (unpaired) electrons. The molecule has 0 atom stereocenters. The SMILES string of the molecule is CCCCN(CC)S(=O)(=O)c1ccc(C(=O)Nc2sc3c(c2C(=O)OCC)CCCCC3)cc1. The summed E-state index contributed by atoms with van der Waals surface area (Å²) in [6.45, 7) is 6.73. The molecule has 34 heavy (non-hydrogen) atoms. The molecule has 9 heteroatoms. The highest BCUT2D eigenvalue weighted by Gasteiger charge is 2.27. The van der Waals surface area contributed by atoms with Gasteiger partial charge in [-0.2, -0.15) is 4.31 Å². The number of fused-ring (bicyclic) bond motifs is 1. The number of rotatable bonds is 10. The van der Waals surface area contributed by atoms with Gasteiger partial charge in [0, 0.05) is 23.5 Å². The lowest BCUT2D eigenvalue weighted by Gasteiger charge is -2.20. The number of thiophene rings is 1. The first-order valence-electron chi connectivity index (χ1n) is 12.1. The summed E-state index contributed by atoms with van der Waals surface area (Å²) >= 11 is 1.44. The highest BCUT2D eigenvalue weighted by atomic mass is 32.2. The fourth-order valence-corrected chi connectivity index (χ4v) is 6.90. The van der Waals surface area contributed by atoms with Gasteiger partial charge >= 0.3 is 5.97 Å². The van der Waals surface area contributed by atoms with Gasteiger partial charge in [0.15, 0.2) is 0 Å². The van der Waals surface area contributed by atoms with Crippen molar-refractivity contribution in [1.29, 1.82) is 0 Å². The normalized spacial score (nSPS) is 13.9. The zero-order valence-electron chi connectivity index (χ0n) is 20.2. The number of unbranched alkanes of at least 4 members (excludes halogenated alkanes) is 1. The summed E-state index contributed by atoms with van der Waals surface area (Å²) in [4.78, 5) is 27.0. The number of anilines is 1. The number of benzene rings is 1. The van der Waals surface area contributed by atoms with Crippen molar-refractivity contribution < 1.29 is 22.7 Å². The number of nitrogens with one attached hydrogen (secondary N) is 1. The lowest BCUT2D eigenvalue weighted by atomic mass is 10.1. The second-order valence-electron chi connectivity index (χ2n) is 8.32. The highest BCUT2D eigenvalue weighted by molar-refractivity contribution is 7.89. The van der Waals surface area contributed by atoms with Crippen molar-refractivity contribution in [2.24, 2.45) is 0 Å². The van der Waals surface area contributed by atoms with E-state index >= 15 is 0 Å². The molecule has 2 aromatic rings. The minimum atomic E-state index is -3.61. The summed E-state index contributed by atoms with van der Waals surface area (Å²) in [5.41, 5.74) is 1.78. The zero-order valence-corrected chi connectivity index (χ0v) is 21.8. The Balaban J connectivity index is 1.83. The van der Waals surface area contributed by atoms with E-state index < -0.39 is 16.0 Å². The minimum absolute atomic E-state index is 0.164. The number of aryl methyl sites for hydroxylation is 1. The molecule has 0 unspecified atom stereocenters. The lowest BCUT2D eigenvalue weighted by Crippen LogP contribution is -2.31. The lowest BCUT2D eigenvalue weighted by molar-refractivity contribution is 0.0527. The van der Waals surface area contributed by atoms with Gasteiger partial charge < -0.3 is 10.1 Å². The summed E-state index contributed by atoms with van der Waals surface area (Å²) < 4.78 is 32.6. The topological polar surface area (TPSA) is 92.8 Å². The molecule has 1 aliphatic rings. The molecule has 0 aliphatic heterocycles. The van der Waals surface area contributed by atoms with Crippen LogP contribution in [0.5, 0.6) is 0 Å². The van der Waals surface area contributed by atoms with Gasteiger partial charge in [-0.1, -0.05) is 26.7 Å². The van der Waals surface area contributed by atoms with Gasteiger partial charge in [0.25, 0.3) is 5.91 Å². The van der Waals surface area contributed by atoms with Crippen molar-refractivity contribution >= 4 is 38.2 Å². The Morgan fingerprint density at radius 2 is 1.76 bits per heavy atom. The molecule has 7 nitrogen and oxygen atoms in total. The smallest absolute Gasteiger partial charge is 0.341 e. The fraction of sp³-hybridized carbons (Fsp3) is 0.520. The van der Waals surface area contributed by atoms with Gasteiger partial charge in [-0.05, 0) is 68.9 Å². The summed E-state index contributed by atoms with van der Waals surface area (Å²) in [5.74, 6) is -0.797. The molecule has 0 bridgehead atoms. The van der Waals surface area contributed by atoms with Crippen molar-refractivity contribution in [3.8, 4) is 0 Å². The Morgan fingerprint density at radius 1 is 1.06 bits per heavy atom. The number of carbonyl (C=O) groups excluding carboxylic acids is 2.